The Hall–Kier alpha value is -0.457. The van der Waals surface area contributed by atoms with E-state index in [2.05, 4.69) is 6.92 Å². The molecular weight excluding hydrogens is 275 g/mol. The maximum absolute atomic E-state index is 8.93. The molecule has 86 valence electrons. The quantitative estimate of drug-likeness (QED) is 0.685. The fourth-order valence-electron chi connectivity index (χ4n) is 0.642. The Kier molecular flexibility index (Phi) is 31.3. The zero-order valence-corrected chi connectivity index (χ0v) is 12.6. The zero-order chi connectivity index (χ0) is 11.8. The van der Waals surface area contributed by atoms with E-state index in [0.717, 1.165) is 0 Å². The molecule has 16 heavy (non-hydrogen) atoms. The van der Waals surface area contributed by atoms with E-state index >= 15 is 0 Å². The Labute approximate surface area is 119 Å². The van der Waals surface area contributed by atoms with Gasteiger partial charge in [-0.25, -0.2) is 24.3 Å². The molecule has 0 unspecified atom stereocenters. The standard InChI is InChI=1S/2C5H5.C2H5O.C2H5.Zr/c2*1-2-4-5-3-1;1-2-3;1-2;/h2*1-5H;2H2,1H3;1H2,2H3;/q4*-1;+4. The molecule has 0 aliphatic carbocycles. The van der Waals surface area contributed by atoms with E-state index in [9.17, 15) is 0 Å². The van der Waals surface area contributed by atoms with Crippen LogP contribution >= 0.6 is 0 Å². The first kappa shape index (κ1) is 20.9. The van der Waals surface area contributed by atoms with E-state index in [1.165, 1.54) is 0 Å². The molecule has 0 aromatic heterocycles. The van der Waals surface area contributed by atoms with Crippen LogP contribution in [0.1, 0.15) is 13.8 Å². The summed E-state index contributed by atoms with van der Waals surface area (Å²) in [6.45, 7) is 6.57. The Morgan fingerprint density at radius 2 is 1.06 bits per heavy atom. The van der Waals surface area contributed by atoms with Crippen molar-refractivity contribution in [2.24, 2.45) is 0 Å². The van der Waals surface area contributed by atoms with Crippen LogP contribution in [0, 0.1) is 6.92 Å². The van der Waals surface area contributed by atoms with Crippen molar-refractivity contribution in [3.8, 4) is 0 Å². The van der Waals surface area contributed by atoms with Crippen molar-refractivity contribution in [1.29, 1.82) is 0 Å². The summed E-state index contributed by atoms with van der Waals surface area (Å²) in [5, 5.41) is 8.93. The molecule has 0 atom stereocenters. The van der Waals surface area contributed by atoms with Gasteiger partial charge in [0.1, 0.15) is 0 Å². The van der Waals surface area contributed by atoms with Crippen molar-refractivity contribution < 1.29 is 31.3 Å². The van der Waals surface area contributed by atoms with Gasteiger partial charge in [0.15, 0.2) is 0 Å². The van der Waals surface area contributed by atoms with Crippen molar-refractivity contribution in [1.82, 2.24) is 0 Å². The minimum atomic E-state index is 0. The Morgan fingerprint density at radius 3 is 1.12 bits per heavy atom. The molecule has 0 aliphatic rings. The van der Waals surface area contributed by atoms with Crippen molar-refractivity contribution in [2.45, 2.75) is 13.8 Å². The largest absolute Gasteiger partial charge is 4.00 e. The second-order valence-electron chi connectivity index (χ2n) is 2.21. The van der Waals surface area contributed by atoms with Gasteiger partial charge in [0.05, 0.1) is 0 Å². The SMILES string of the molecule is CC[O-].[CH2-]C.[Zr+4].c1cc[cH-]c1.c1cc[cH-]c1. The van der Waals surface area contributed by atoms with Crippen LogP contribution < -0.4 is 5.11 Å². The minimum absolute atomic E-state index is 0. The fourth-order valence-corrected chi connectivity index (χ4v) is 0.642. The molecule has 0 saturated heterocycles. The summed E-state index contributed by atoms with van der Waals surface area (Å²) in [6.07, 6.45) is 0. The predicted molar refractivity (Wildman–Crippen MR) is 65.6 cm³/mol. The van der Waals surface area contributed by atoms with Crippen molar-refractivity contribution >= 4 is 0 Å². The molecule has 2 heteroatoms. The topological polar surface area (TPSA) is 23.1 Å². The third-order valence-corrected chi connectivity index (χ3v) is 1.11. The molecule has 0 bridgehead atoms. The number of rotatable bonds is 0. The van der Waals surface area contributed by atoms with Gasteiger partial charge in [-0.15, -0.1) is 6.61 Å². The normalized spacial score (nSPS) is 6.50. The van der Waals surface area contributed by atoms with E-state index in [-0.39, 0.29) is 32.8 Å². The third kappa shape index (κ3) is 23.4. The smallest absolute Gasteiger partial charge is 0.855 e. The third-order valence-electron chi connectivity index (χ3n) is 1.11. The summed E-state index contributed by atoms with van der Waals surface area (Å²) in [4.78, 5) is 0. The number of hydrogen-bond donors (Lipinski definition) is 0. The van der Waals surface area contributed by atoms with E-state index in [0.29, 0.717) is 0 Å². The summed E-state index contributed by atoms with van der Waals surface area (Å²) < 4.78 is 0. The van der Waals surface area contributed by atoms with Gasteiger partial charge in [-0.3, -0.25) is 0 Å². The molecule has 0 amide bonds. The molecule has 0 N–H and O–H groups in total. The Balaban J connectivity index is -0.000000147. The van der Waals surface area contributed by atoms with Crippen LogP contribution in [-0.4, -0.2) is 6.61 Å². The molecule has 0 aliphatic heterocycles. The van der Waals surface area contributed by atoms with E-state index < -0.39 is 0 Å². The van der Waals surface area contributed by atoms with Gasteiger partial charge in [0.2, 0.25) is 0 Å². The summed E-state index contributed by atoms with van der Waals surface area (Å²) in [5.74, 6) is 0. The first-order valence-electron chi connectivity index (χ1n) is 5.04. The molecule has 2 rings (SSSR count). The van der Waals surface area contributed by atoms with Gasteiger partial charge >= 0.3 is 26.2 Å². The van der Waals surface area contributed by atoms with E-state index in [4.69, 9.17) is 5.11 Å². The van der Waals surface area contributed by atoms with Crippen LogP contribution in [0.15, 0.2) is 60.7 Å². The maximum atomic E-state index is 8.93. The van der Waals surface area contributed by atoms with Crippen LogP contribution in [0.2, 0.25) is 0 Å². The molecule has 1 nitrogen and oxygen atoms in total. The van der Waals surface area contributed by atoms with Gasteiger partial charge in [-0.05, 0) is 0 Å². The molecular formula is C14H20OZr. The summed E-state index contributed by atoms with van der Waals surface area (Å²) >= 11 is 0. The van der Waals surface area contributed by atoms with Gasteiger partial charge < -0.3 is 12.0 Å². The molecule has 0 saturated carbocycles. The first-order valence-corrected chi connectivity index (χ1v) is 5.04. The maximum Gasteiger partial charge on any atom is 4.00 e. The van der Waals surface area contributed by atoms with Crippen LogP contribution in [0.3, 0.4) is 0 Å². The fraction of sp³-hybridized carbons (Fsp3) is 0.214. The zero-order valence-electron chi connectivity index (χ0n) is 10.1. The number of hydrogen-bond acceptors (Lipinski definition) is 1. The van der Waals surface area contributed by atoms with E-state index in [1.54, 1.807) is 13.8 Å². The van der Waals surface area contributed by atoms with Gasteiger partial charge in [-0.2, -0.15) is 43.3 Å². The van der Waals surface area contributed by atoms with Crippen molar-refractivity contribution in [3.63, 3.8) is 0 Å². The van der Waals surface area contributed by atoms with E-state index in [1.807, 2.05) is 60.7 Å². The van der Waals surface area contributed by atoms with Crippen LogP contribution in [-0.2, 0) is 26.2 Å². The molecule has 2 aromatic carbocycles. The van der Waals surface area contributed by atoms with Gasteiger partial charge in [-0.1, -0.05) is 6.92 Å². The Morgan fingerprint density at radius 1 is 0.875 bits per heavy atom. The van der Waals surface area contributed by atoms with Gasteiger partial charge in [0.25, 0.3) is 0 Å². The second kappa shape index (κ2) is 24.0. The average molecular weight is 296 g/mol. The minimum Gasteiger partial charge on any atom is -0.855 e. The molecule has 0 fully saturated rings. The molecule has 0 radical (unpaired) electrons. The molecule has 0 spiro atoms. The second-order valence-corrected chi connectivity index (χ2v) is 2.21. The monoisotopic (exact) mass is 294 g/mol. The Bertz CT molecular complexity index is 162. The molecule has 0 heterocycles. The summed E-state index contributed by atoms with van der Waals surface area (Å²) in [6, 6.07) is 20.0. The average Bonchev–Trinajstić information content (AvgIpc) is 3.01. The van der Waals surface area contributed by atoms with Crippen LogP contribution in [0.5, 0.6) is 0 Å². The van der Waals surface area contributed by atoms with Gasteiger partial charge in [0, 0.05) is 0 Å². The first-order chi connectivity index (χ1) is 7.41. The van der Waals surface area contributed by atoms with Crippen molar-refractivity contribution in [2.75, 3.05) is 6.61 Å². The summed E-state index contributed by atoms with van der Waals surface area (Å²) in [7, 11) is 0. The molecule has 2 aromatic rings. The van der Waals surface area contributed by atoms with Crippen molar-refractivity contribution in [3.05, 3.63) is 67.6 Å². The predicted octanol–water partition coefficient (Wildman–Crippen LogP) is 3.02. The van der Waals surface area contributed by atoms with Crippen LogP contribution in [0.25, 0.3) is 0 Å². The van der Waals surface area contributed by atoms with Crippen LogP contribution in [0.4, 0.5) is 0 Å². The summed E-state index contributed by atoms with van der Waals surface area (Å²) in [5.41, 5.74) is 0.